The van der Waals surface area contributed by atoms with E-state index in [0.29, 0.717) is 11.3 Å². The van der Waals surface area contributed by atoms with Crippen molar-refractivity contribution >= 4 is 21.9 Å². The van der Waals surface area contributed by atoms with Crippen molar-refractivity contribution in [2.24, 2.45) is 17.1 Å². The van der Waals surface area contributed by atoms with Gasteiger partial charge in [0.25, 0.3) is 10.0 Å². The van der Waals surface area contributed by atoms with Gasteiger partial charge in [-0.2, -0.15) is 18.3 Å². The summed E-state index contributed by atoms with van der Waals surface area (Å²) in [5.41, 5.74) is 4.93. The topological polar surface area (TPSA) is 146 Å². The Bertz CT molecular complexity index is 1420. The zero-order valence-electron chi connectivity index (χ0n) is 22.1. The van der Waals surface area contributed by atoms with Crippen LogP contribution in [-0.2, 0) is 32.3 Å². The van der Waals surface area contributed by atoms with Gasteiger partial charge in [-0.05, 0) is 48.1 Å². The van der Waals surface area contributed by atoms with Crippen LogP contribution < -0.4 is 10.5 Å². The van der Waals surface area contributed by atoms with Gasteiger partial charge in [-0.15, -0.1) is 0 Å². The van der Waals surface area contributed by atoms with Crippen molar-refractivity contribution in [1.82, 2.24) is 19.5 Å². The van der Waals surface area contributed by atoms with Gasteiger partial charge in [-0.3, -0.25) is 9.48 Å². The number of alkyl halides is 3. The molecule has 0 aliphatic heterocycles. The predicted octanol–water partition coefficient (Wildman–Crippen LogP) is 4.03. The van der Waals surface area contributed by atoms with Crippen LogP contribution in [0.2, 0.25) is 0 Å². The lowest BCUT2D eigenvalue weighted by atomic mass is 9.77. The number of hydrogen-bond acceptors (Lipinski definition) is 7. The molecule has 0 unspecified atom stereocenters. The third-order valence-electron chi connectivity index (χ3n) is 6.25. The molecule has 0 fully saturated rings. The minimum atomic E-state index is -4.45. The molecule has 0 spiro atoms. The largest absolute Gasteiger partial charge is 0.438 e. The summed E-state index contributed by atoms with van der Waals surface area (Å²) in [6.45, 7) is 5.33. The van der Waals surface area contributed by atoms with E-state index in [1.54, 1.807) is 23.0 Å². The van der Waals surface area contributed by atoms with Crippen molar-refractivity contribution in [3.8, 4) is 11.3 Å². The van der Waals surface area contributed by atoms with E-state index in [4.69, 9.17) is 10.5 Å². The van der Waals surface area contributed by atoms with Crippen molar-refractivity contribution < 1.29 is 35.9 Å². The van der Waals surface area contributed by atoms with Crippen LogP contribution in [0.3, 0.4) is 0 Å². The fourth-order valence-corrected chi connectivity index (χ4v) is 4.82. The number of carbonyl (C=O) groups is 2. The number of Topliss-reactive ketones (excluding diaryl/α,β-unsaturated/α-hetero) is 1. The van der Waals surface area contributed by atoms with Crippen LogP contribution in [0.1, 0.15) is 32.8 Å². The Kier molecular flexibility index (Phi) is 9.36. The molecular weight excluding hydrogens is 551 g/mol. The molecule has 3 N–H and O–H groups in total. The number of amides is 1. The highest BCUT2D eigenvalue weighted by atomic mass is 32.2. The monoisotopic (exact) mass is 581 g/mol. The summed E-state index contributed by atoms with van der Waals surface area (Å²) in [4.78, 5) is 28.3. The average Bonchev–Trinajstić information content (AvgIpc) is 3.34. The first kappa shape index (κ1) is 30.8. The third-order valence-corrected chi connectivity index (χ3v) is 7.56. The van der Waals surface area contributed by atoms with E-state index in [9.17, 15) is 31.2 Å². The molecule has 10 nitrogen and oxygen atoms in total. The fraction of sp³-hybridized carbons (Fsp3) is 0.385. The number of sulfonamides is 1. The van der Waals surface area contributed by atoms with Gasteiger partial charge < -0.3 is 10.5 Å². The van der Waals surface area contributed by atoms with Crippen LogP contribution in [0, 0.1) is 11.3 Å². The number of nitrogens with two attached hydrogens (primary N) is 1. The molecule has 0 bridgehead atoms. The summed E-state index contributed by atoms with van der Waals surface area (Å²) in [5.74, 6) is -1.04. The Morgan fingerprint density at radius 1 is 1.07 bits per heavy atom. The van der Waals surface area contributed by atoms with E-state index in [-0.39, 0.29) is 23.9 Å². The lowest BCUT2D eigenvalue weighted by Gasteiger charge is -2.33. The number of nitrogens with zero attached hydrogens (tertiary/aromatic N) is 3. The highest BCUT2D eigenvalue weighted by molar-refractivity contribution is 7.89. The first-order chi connectivity index (χ1) is 18.6. The Morgan fingerprint density at radius 2 is 1.75 bits per heavy atom. The number of ketones is 1. The zero-order chi connectivity index (χ0) is 29.7. The number of primary amides is 1. The summed E-state index contributed by atoms with van der Waals surface area (Å²) in [7, 11) is -4.09. The van der Waals surface area contributed by atoms with Gasteiger partial charge in [-0.25, -0.2) is 22.9 Å². The van der Waals surface area contributed by atoms with Crippen molar-refractivity contribution in [2.45, 2.75) is 51.0 Å². The van der Waals surface area contributed by atoms with Crippen molar-refractivity contribution in [1.29, 1.82) is 0 Å². The summed E-state index contributed by atoms with van der Waals surface area (Å²) in [6, 6.07) is 10.6. The molecular formula is C26H30F3N5O5S. The molecule has 0 aliphatic carbocycles. The van der Waals surface area contributed by atoms with Crippen LogP contribution in [0.4, 0.5) is 18.0 Å². The molecule has 0 saturated heterocycles. The Morgan fingerprint density at radius 3 is 2.30 bits per heavy atom. The molecule has 0 saturated carbocycles. The fourth-order valence-electron chi connectivity index (χ4n) is 3.88. The van der Waals surface area contributed by atoms with Gasteiger partial charge in [0.1, 0.15) is 0 Å². The minimum absolute atomic E-state index is 0.00601. The van der Waals surface area contributed by atoms with Gasteiger partial charge >= 0.3 is 12.3 Å². The summed E-state index contributed by atoms with van der Waals surface area (Å²) in [5, 5.41) is 4.19. The summed E-state index contributed by atoms with van der Waals surface area (Å²) >= 11 is 0. The molecule has 1 amide bonds. The van der Waals surface area contributed by atoms with E-state index in [0.717, 1.165) is 12.1 Å². The third kappa shape index (κ3) is 8.36. The second kappa shape index (κ2) is 12.2. The van der Waals surface area contributed by atoms with Crippen molar-refractivity contribution in [3.63, 3.8) is 0 Å². The predicted molar refractivity (Wildman–Crippen MR) is 139 cm³/mol. The number of aromatic nitrogens is 3. The first-order valence-corrected chi connectivity index (χ1v) is 13.6. The smallest absolute Gasteiger partial charge is 0.416 e. The molecule has 3 rings (SSSR count). The molecule has 2 heterocycles. The van der Waals surface area contributed by atoms with E-state index in [2.05, 4.69) is 14.8 Å². The minimum Gasteiger partial charge on any atom is -0.438 e. The van der Waals surface area contributed by atoms with Crippen LogP contribution in [0.5, 0.6) is 0 Å². The van der Waals surface area contributed by atoms with Gasteiger partial charge in [-0.1, -0.05) is 39.0 Å². The average molecular weight is 582 g/mol. The van der Waals surface area contributed by atoms with E-state index in [1.807, 2.05) is 20.8 Å². The molecule has 3 aromatic rings. The molecule has 2 aromatic heterocycles. The quantitative estimate of drug-likeness (QED) is 0.348. The second-order valence-corrected chi connectivity index (χ2v) is 11.9. The van der Waals surface area contributed by atoms with Gasteiger partial charge in [0, 0.05) is 24.5 Å². The summed E-state index contributed by atoms with van der Waals surface area (Å²) in [6.07, 6.45) is -4.04. The lowest BCUT2D eigenvalue weighted by Crippen LogP contribution is -2.41. The number of halogens is 3. The maximum atomic E-state index is 13.0. The van der Waals surface area contributed by atoms with Crippen LogP contribution in [0.15, 0.2) is 66.0 Å². The van der Waals surface area contributed by atoms with Crippen LogP contribution in [-0.4, -0.2) is 47.7 Å². The Hall–Kier alpha value is -3.78. The highest BCUT2D eigenvalue weighted by Crippen LogP contribution is 2.33. The van der Waals surface area contributed by atoms with Crippen LogP contribution >= 0.6 is 0 Å². The number of benzene rings is 1. The molecule has 1 aromatic carbocycles. The van der Waals surface area contributed by atoms with Crippen molar-refractivity contribution in [2.75, 3.05) is 6.54 Å². The second-order valence-electron chi connectivity index (χ2n) is 10.2. The van der Waals surface area contributed by atoms with Crippen LogP contribution in [0.25, 0.3) is 11.3 Å². The number of rotatable bonds is 11. The lowest BCUT2D eigenvalue weighted by molar-refractivity contribution is -0.137. The number of pyridine rings is 1. The Balaban J connectivity index is 1.75. The standard InChI is InChI=1S/C26H30F3N5O5S/c1-25(2,3)19(16-34-13-11-20(33-34)17-7-9-18(10-8-17)26(27,28)29)14-22(39-24(30)36)21(35)15-32-40(37,38)23-6-4-5-12-31-23/h4-13,19,22,32H,14-16H2,1-3H3,(H2,30,36)/t19-,22+/m1/s1. The molecule has 40 heavy (non-hydrogen) atoms. The summed E-state index contributed by atoms with van der Waals surface area (Å²) < 4.78 is 72.4. The number of hydrogen-bond donors (Lipinski definition) is 2. The van der Waals surface area contributed by atoms with Crippen molar-refractivity contribution in [3.05, 3.63) is 66.5 Å². The normalized spacial score (nSPS) is 13.9. The maximum Gasteiger partial charge on any atom is 0.416 e. The molecule has 216 valence electrons. The van der Waals surface area contributed by atoms with Gasteiger partial charge in [0.15, 0.2) is 16.9 Å². The number of ether oxygens (including phenoxy) is 1. The van der Waals surface area contributed by atoms with E-state index < -0.39 is 51.7 Å². The molecule has 2 atom stereocenters. The van der Waals surface area contributed by atoms with Gasteiger partial charge in [0.05, 0.1) is 17.8 Å². The Labute approximate surface area is 229 Å². The van der Waals surface area contributed by atoms with E-state index >= 15 is 0 Å². The first-order valence-electron chi connectivity index (χ1n) is 12.2. The number of carbonyl (C=O) groups excluding carboxylic acids is 2. The highest BCUT2D eigenvalue weighted by Gasteiger charge is 2.34. The molecule has 14 heteroatoms. The SMILES string of the molecule is CC(C)(C)[C@H](C[C@H](OC(N)=O)C(=O)CNS(=O)(=O)c1ccccn1)Cn1ccc(-c2ccc(C(F)(F)F)cc2)n1. The van der Waals surface area contributed by atoms with Gasteiger partial charge in [0.2, 0.25) is 0 Å². The zero-order valence-corrected chi connectivity index (χ0v) is 22.9. The molecule has 0 aliphatic rings. The molecule has 0 radical (unpaired) electrons. The van der Waals surface area contributed by atoms with E-state index in [1.165, 1.54) is 30.5 Å². The maximum absolute atomic E-state index is 13.0. The number of nitrogens with one attached hydrogen (secondary N) is 1.